The SMILES string of the molecule is COc1ccc([C@@H](CNCc2ccc(OC(C)C)c(OC)c2)N2CCOCC2)cc1. The minimum absolute atomic E-state index is 0.113. The molecular weight excluding hydrogens is 380 g/mol. The lowest BCUT2D eigenvalue weighted by Crippen LogP contribution is -2.42. The second-order valence-corrected chi connectivity index (χ2v) is 7.72. The van der Waals surface area contributed by atoms with E-state index in [4.69, 9.17) is 18.9 Å². The molecule has 1 saturated heterocycles. The van der Waals surface area contributed by atoms with Gasteiger partial charge in [0.1, 0.15) is 5.75 Å². The fourth-order valence-corrected chi connectivity index (χ4v) is 3.70. The zero-order valence-electron chi connectivity index (χ0n) is 18.5. The monoisotopic (exact) mass is 414 g/mol. The van der Waals surface area contributed by atoms with Gasteiger partial charge in [-0.05, 0) is 49.2 Å². The lowest BCUT2D eigenvalue weighted by molar-refractivity contribution is 0.0161. The molecule has 0 aliphatic carbocycles. The summed E-state index contributed by atoms with van der Waals surface area (Å²) in [6.07, 6.45) is 0.113. The molecule has 1 aliphatic heterocycles. The lowest BCUT2D eigenvalue weighted by Gasteiger charge is -2.35. The van der Waals surface area contributed by atoms with Crippen LogP contribution in [0.25, 0.3) is 0 Å². The van der Waals surface area contributed by atoms with E-state index in [1.54, 1.807) is 14.2 Å². The van der Waals surface area contributed by atoms with Gasteiger partial charge in [0.2, 0.25) is 0 Å². The van der Waals surface area contributed by atoms with Crippen molar-refractivity contribution in [3.63, 3.8) is 0 Å². The molecule has 0 radical (unpaired) electrons. The fourth-order valence-electron chi connectivity index (χ4n) is 3.70. The molecular formula is C24H34N2O4. The van der Waals surface area contributed by atoms with E-state index in [9.17, 15) is 0 Å². The van der Waals surface area contributed by atoms with Crippen molar-refractivity contribution in [2.24, 2.45) is 0 Å². The van der Waals surface area contributed by atoms with Crippen molar-refractivity contribution in [1.29, 1.82) is 0 Å². The molecule has 0 bridgehead atoms. The molecule has 6 nitrogen and oxygen atoms in total. The largest absolute Gasteiger partial charge is 0.497 e. The molecule has 1 heterocycles. The molecule has 2 aromatic carbocycles. The van der Waals surface area contributed by atoms with Crippen LogP contribution in [-0.2, 0) is 11.3 Å². The van der Waals surface area contributed by atoms with Crippen LogP contribution in [0.4, 0.5) is 0 Å². The number of morpholine rings is 1. The van der Waals surface area contributed by atoms with Crippen LogP contribution in [0.3, 0.4) is 0 Å². The summed E-state index contributed by atoms with van der Waals surface area (Å²) < 4.78 is 22.2. The topological polar surface area (TPSA) is 52.2 Å². The van der Waals surface area contributed by atoms with Crippen molar-refractivity contribution in [3.8, 4) is 17.2 Å². The van der Waals surface area contributed by atoms with E-state index in [-0.39, 0.29) is 12.1 Å². The number of nitrogens with zero attached hydrogens (tertiary/aromatic N) is 1. The molecule has 164 valence electrons. The van der Waals surface area contributed by atoms with E-state index < -0.39 is 0 Å². The van der Waals surface area contributed by atoms with Gasteiger partial charge in [0.05, 0.1) is 33.5 Å². The van der Waals surface area contributed by atoms with Crippen LogP contribution >= 0.6 is 0 Å². The molecule has 6 heteroatoms. The van der Waals surface area contributed by atoms with Gasteiger partial charge in [-0.25, -0.2) is 0 Å². The van der Waals surface area contributed by atoms with E-state index in [2.05, 4.69) is 28.4 Å². The number of rotatable bonds is 10. The summed E-state index contributed by atoms with van der Waals surface area (Å²) in [5, 5.41) is 3.63. The molecule has 1 fully saturated rings. The number of hydrogen-bond donors (Lipinski definition) is 1. The first-order chi connectivity index (χ1) is 14.6. The lowest BCUT2D eigenvalue weighted by atomic mass is 10.0. The van der Waals surface area contributed by atoms with Gasteiger partial charge in [0, 0.05) is 32.2 Å². The van der Waals surface area contributed by atoms with Crippen molar-refractivity contribution >= 4 is 0 Å². The van der Waals surface area contributed by atoms with E-state index in [1.165, 1.54) is 11.1 Å². The van der Waals surface area contributed by atoms with Crippen LogP contribution in [0.2, 0.25) is 0 Å². The maximum Gasteiger partial charge on any atom is 0.161 e. The third-order valence-corrected chi connectivity index (χ3v) is 5.24. The number of ether oxygens (including phenoxy) is 4. The smallest absolute Gasteiger partial charge is 0.161 e. The summed E-state index contributed by atoms with van der Waals surface area (Å²) >= 11 is 0. The Labute approximate surface area is 180 Å². The van der Waals surface area contributed by atoms with Crippen molar-refractivity contribution in [1.82, 2.24) is 10.2 Å². The summed E-state index contributed by atoms with van der Waals surface area (Å²) in [5.74, 6) is 2.42. The molecule has 1 aliphatic rings. The van der Waals surface area contributed by atoms with Gasteiger partial charge in [-0.15, -0.1) is 0 Å². The van der Waals surface area contributed by atoms with Crippen LogP contribution in [-0.4, -0.2) is 58.1 Å². The first kappa shape index (κ1) is 22.4. The van der Waals surface area contributed by atoms with Crippen molar-refractivity contribution in [2.75, 3.05) is 47.1 Å². The normalized spacial score (nSPS) is 15.8. The van der Waals surface area contributed by atoms with Gasteiger partial charge < -0.3 is 24.3 Å². The Morgan fingerprint density at radius 2 is 1.70 bits per heavy atom. The third kappa shape index (κ3) is 6.11. The Kier molecular flexibility index (Phi) is 8.37. The summed E-state index contributed by atoms with van der Waals surface area (Å²) in [7, 11) is 3.37. The second-order valence-electron chi connectivity index (χ2n) is 7.72. The van der Waals surface area contributed by atoms with Gasteiger partial charge >= 0.3 is 0 Å². The quantitative estimate of drug-likeness (QED) is 0.640. The molecule has 2 aromatic rings. The van der Waals surface area contributed by atoms with Gasteiger partial charge in [-0.2, -0.15) is 0 Å². The maximum absolute atomic E-state index is 5.82. The molecule has 1 N–H and O–H groups in total. The highest BCUT2D eigenvalue weighted by Gasteiger charge is 2.22. The molecule has 3 rings (SSSR count). The Balaban J connectivity index is 1.66. The van der Waals surface area contributed by atoms with Crippen molar-refractivity contribution in [2.45, 2.75) is 32.5 Å². The summed E-state index contributed by atoms with van der Waals surface area (Å²) in [4.78, 5) is 2.48. The van der Waals surface area contributed by atoms with Gasteiger partial charge in [-0.3, -0.25) is 4.90 Å². The second kappa shape index (κ2) is 11.2. The van der Waals surface area contributed by atoms with Gasteiger partial charge in [0.15, 0.2) is 11.5 Å². The Morgan fingerprint density at radius 3 is 2.33 bits per heavy atom. The Hall–Kier alpha value is -2.28. The molecule has 0 spiro atoms. The summed E-state index contributed by atoms with van der Waals surface area (Å²) in [6.45, 7) is 9.07. The third-order valence-electron chi connectivity index (χ3n) is 5.24. The average molecular weight is 415 g/mol. The van der Waals surface area contributed by atoms with E-state index >= 15 is 0 Å². The first-order valence-electron chi connectivity index (χ1n) is 10.6. The predicted octanol–water partition coefficient (Wildman–Crippen LogP) is 3.65. The standard InChI is InChI=1S/C24H34N2O4/c1-18(2)30-23-10-5-19(15-24(23)28-4)16-25-17-22(26-11-13-29-14-12-26)20-6-8-21(27-3)9-7-20/h5-10,15,18,22,25H,11-14,16-17H2,1-4H3/t22-/m1/s1. The average Bonchev–Trinajstić information content (AvgIpc) is 2.78. The first-order valence-corrected chi connectivity index (χ1v) is 10.6. The molecule has 0 unspecified atom stereocenters. The summed E-state index contributed by atoms with van der Waals surface area (Å²) in [6, 6.07) is 14.8. The predicted molar refractivity (Wildman–Crippen MR) is 119 cm³/mol. The van der Waals surface area contributed by atoms with Gasteiger partial charge in [-0.1, -0.05) is 18.2 Å². The molecule has 0 aromatic heterocycles. The molecule has 0 saturated carbocycles. The molecule has 1 atom stereocenters. The minimum atomic E-state index is 0.113. The fraction of sp³-hybridized carbons (Fsp3) is 0.500. The highest BCUT2D eigenvalue weighted by molar-refractivity contribution is 5.43. The maximum atomic E-state index is 5.82. The van der Waals surface area contributed by atoms with Crippen molar-refractivity contribution < 1.29 is 18.9 Å². The number of methoxy groups -OCH3 is 2. The summed E-state index contributed by atoms with van der Waals surface area (Å²) in [5.41, 5.74) is 2.45. The van der Waals surface area contributed by atoms with Crippen LogP contribution < -0.4 is 19.5 Å². The van der Waals surface area contributed by atoms with Gasteiger partial charge in [0.25, 0.3) is 0 Å². The highest BCUT2D eigenvalue weighted by Crippen LogP contribution is 2.29. The highest BCUT2D eigenvalue weighted by atomic mass is 16.5. The number of hydrogen-bond acceptors (Lipinski definition) is 6. The van der Waals surface area contributed by atoms with Crippen LogP contribution in [0.1, 0.15) is 31.0 Å². The van der Waals surface area contributed by atoms with Crippen molar-refractivity contribution in [3.05, 3.63) is 53.6 Å². The van der Waals surface area contributed by atoms with E-state index in [0.717, 1.165) is 56.6 Å². The van der Waals surface area contributed by atoms with E-state index in [1.807, 2.05) is 38.1 Å². The molecule has 0 amide bonds. The number of benzene rings is 2. The van der Waals surface area contributed by atoms with Crippen LogP contribution in [0.5, 0.6) is 17.2 Å². The Morgan fingerprint density at radius 1 is 0.967 bits per heavy atom. The van der Waals surface area contributed by atoms with E-state index in [0.29, 0.717) is 0 Å². The molecule has 30 heavy (non-hydrogen) atoms. The number of nitrogens with one attached hydrogen (secondary N) is 1. The zero-order chi connectivity index (χ0) is 21.3. The Bertz CT molecular complexity index is 773. The van der Waals surface area contributed by atoms with Crippen LogP contribution in [0.15, 0.2) is 42.5 Å². The van der Waals surface area contributed by atoms with Crippen LogP contribution in [0, 0.1) is 0 Å². The minimum Gasteiger partial charge on any atom is -0.497 e. The zero-order valence-corrected chi connectivity index (χ0v) is 18.5.